The van der Waals surface area contributed by atoms with Crippen molar-refractivity contribution >= 4 is 17.7 Å². The van der Waals surface area contributed by atoms with E-state index in [4.69, 9.17) is 4.74 Å². The number of amides is 2. The molecule has 5 heteroatoms. The summed E-state index contributed by atoms with van der Waals surface area (Å²) in [5.74, 6) is 0.00422. The van der Waals surface area contributed by atoms with Crippen LogP contribution in [0.2, 0.25) is 0 Å². The van der Waals surface area contributed by atoms with Gasteiger partial charge in [0.25, 0.3) is 0 Å². The van der Waals surface area contributed by atoms with Gasteiger partial charge in [0.05, 0.1) is 6.04 Å². The Morgan fingerprint density at radius 2 is 1.74 bits per heavy atom. The van der Waals surface area contributed by atoms with Gasteiger partial charge < -0.3 is 15.0 Å². The monoisotopic (exact) mass is 310 g/mol. The van der Waals surface area contributed by atoms with Gasteiger partial charge in [-0.05, 0) is 17.7 Å². The topological polar surface area (TPSA) is 58.6 Å². The van der Waals surface area contributed by atoms with Crippen molar-refractivity contribution in [3.63, 3.8) is 0 Å². The Morgan fingerprint density at radius 1 is 1.09 bits per heavy atom. The molecular weight excluding hydrogens is 292 g/mol. The maximum Gasteiger partial charge on any atom is 0.407 e. The summed E-state index contributed by atoms with van der Waals surface area (Å²) >= 11 is 0. The molecule has 0 radical (unpaired) electrons. The number of hydrogen-bond acceptors (Lipinski definition) is 3. The van der Waals surface area contributed by atoms with E-state index in [-0.39, 0.29) is 25.0 Å². The molecule has 0 spiro atoms. The molecule has 1 aliphatic heterocycles. The molecular formula is C18H18N2O3. The van der Waals surface area contributed by atoms with Crippen molar-refractivity contribution in [1.82, 2.24) is 5.32 Å². The minimum Gasteiger partial charge on any atom is -0.445 e. The number of ether oxygens (including phenoxy) is 1. The van der Waals surface area contributed by atoms with Gasteiger partial charge in [0, 0.05) is 18.7 Å². The quantitative estimate of drug-likeness (QED) is 0.944. The highest BCUT2D eigenvalue weighted by Gasteiger charge is 2.31. The van der Waals surface area contributed by atoms with Gasteiger partial charge in [0.2, 0.25) is 5.91 Å². The fourth-order valence-corrected chi connectivity index (χ4v) is 2.59. The van der Waals surface area contributed by atoms with Gasteiger partial charge in [0.1, 0.15) is 6.61 Å². The molecule has 1 N–H and O–H groups in total. The van der Waals surface area contributed by atoms with Crippen LogP contribution in [0, 0.1) is 0 Å². The Hall–Kier alpha value is -2.82. The van der Waals surface area contributed by atoms with Crippen LogP contribution >= 0.6 is 0 Å². The van der Waals surface area contributed by atoms with Crippen molar-refractivity contribution in [3.05, 3.63) is 66.2 Å². The number of anilines is 1. The van der Waals surface area contributed by atoms with Gasteiger partial charge in [-0.15, -0.1) is 0 Å². The molecule has 1 aliphatic rings. The predicted octanol–water partition coefficient (Wildman–Crippen LogP) is 2.72. The van der Waals surface area contributed by atoms with Crippen LogP contribution in [-0.2, 0) is 16.1 Å². The summed E-state index contributed by atoms with van der Waals surface area (Å²) in [7, 11) is 0. The molecule has 5 nitrogen and oxygen atoms in total. The first kappa shape index (κ1) is 15.1. The molecule has 0 aromatic heterocycles. The van der Waals surface area contributed by atoms with E-state index >= 15 is 0 Å². The molecule has 1 heterocycles. The molecule has 2 amide bonds. The number of carbonyl (C=O) groups excluding carboxylic acids is 2. The minimum atomic E-state index is -0.499. The fraction of sp³-hybridized carbons (Fsp3) is 0.222. The zero-order valence-corrected chi connectivity index (χ0v) is 12.6. The van der Waals surface area contributed by atoms with Crippen molar-refractivity contribution < 1.29 is 14.3 Å². The highest BCUT2D eigenvalue weighted by molar-refractivity contribution is 5.96. The summed E-state index contributed by atoms with van der Waals surface area (Å²) in [6, 6.07) is 18.7. The summed E-state index contributed by atoms with van der Waals surface area (Å²) in [6.07, 6.45) is -0.212. The zero-order chi connectivity index (χ0) is 16.1. The number of nitrogens with zero attached hydrogens (tertiary/aromatic N) is 1. The Kier molecular flexibility index (Phi) is 4.57. The third-order valence-corrected chi connectivity index (χ3v) is 3.73. The first-order chi connectivity index (χ1) is 11.2. The Labute approximate surface area is 134 Å². The summed E-state index contributed by atoms with van der Waals surface area (Å²) in [5, 5.41) is 2.76. The van der Waals surface area contributed by atoms with Crippen molar-refractivity contribution in [3.8, 4) is 0 Å². The lowest BCUT2D eigenvalue weighted by Gasteiger charge is -2.17. The van der Waals surface area contributed by atoms with E-state index in [1.807, 2.05) is 60.7 Å². The third kappa shape index (κ3) is 3.88. The summed E-state index contributed by atoms with van der Waals surface area (Å²) in [4.78, 5) is 25.6. The normalized spacial score (nSPS) is 17.1. The standard InChI is InChI=1S/C18H18N2O3/c21-17-11-15(12-20(17)16-9-5-2-6-10-16)19-18(22)23-13-14-7-3-1-4-8-14/h1-10,15H,11-13H2,(H,19,22). The molecule has 0 saturated carbocycles. The van der Waals surface area contributed by atoms with Gasteiger partial charge in [0.15, 0.2) is 0 Å². The van der Waals surface area contributed by atoms with Gasteiger partial charge in [-0.1, -0.05) is 48.5 Å². The zero-order valence-electron chi connectivity index (χ0n) is 12.6. The maximum absolute atomic E-state index is 12.1. The summed E-state index contributed by atoms with van der Waals surface area (Å²) < 4.78 is 5.19. The van der Waals surface area contributed by atoms with Gasteiger partial charge in [-0.2, -0.15) is 0 Å². The van der Waals surface area contributed by atoms with Crippen LogP contribution in [0.25, 0.3) is 0 Å². The van der Waals surface area contributed by atoms with Crippen LogP contribution in [-0.4, -0.2) is 24.6 Å². The number of para-hydroxylation sites is 1. The van der Waals surface area contributed by atoms with E-state index in [2.05, 4.69) is 5.32 Å². The molecule has 1 unspecified atom stereocenters. The lowest BCUT2D eigenvalue weighted by molar-refractivity contribution is -0.117. The van der Waals surface area contributed by atoms with Crippen LogP contribution in [0.1, 0.15) is 12.0 Å². The van der Waals surface area contributed by atoms with Crippen LogP contribution in [0.15, 0.2) is 60.7 Å². The van der Waals surface area contributed by atoms with Gasteiger partial charge in [-0.3, -0.25) is 4.79 Å². The molecule has 2 aromatic rings. The van der Waals surface area contributed by atoms with Crippen molar-refractivity contribution in [1.29, 1.82) is 0 Å². The Balaban J connectivity index is 1.51. The van der Waals surface area contributed by atoms with Crippen LogP contribution in [0.3, 0.4) is 0 Å². The van der Waals surface area contributed by atoms with E-state index in [0.29, 0.717) is 6.54 Å². The summed E-state index contributed by atoms with van der Waals surface area (Å²) in [6.45, 7) is 0.680. The first-order valence-electron chi connectivity index (χ1n) is 7.55. The van der Waals surface area contributed by atoms with E-state index < -0.39 is 6.09 Å². The Morgan fingerprint density at radius 3 is 2.43 bits per heavy atom. The first-order valence-corrected chi connectivity index (χ1v) is 7.55. The molecule has 1 fully saturated rings. The number of carbonyl (C=O) groups is 2. The lowest BCUT2D eigenvalue weighted by atomic mass is 10.2. The van der Waals surface area contributed by atoms with E-state index in [9.17, 15) is 9.59 Å². The molecule has 1 atom stereocenters. The average Bonchev–Trinajstić information content (AvgIpc) is 2.95. The van der Waals surface area contributed by atoms with Crippen LogP contribution in [0.4, 0.5) is 10.5 Å². The highest BCUT2D eigenvalue weighted by Crippen LogP contribution is 2.21. The number of nitrogens with one attached hydrogen (secondary N) is 1. The van der Waals surface area contributed by atoms with Crippen LogP contribution in [0.5, 0.6) is 0 Å². The van der Waals surface area contributed by atoms with Crippen molar-refractivity contribution in [2.24, 2.45) is 0 Å². The number of hydrogen-bond donors (Lipinski definition) is 1. The number of rotatable bonds is 4. The van der Waals surface area contributed by atoms with Crippen molar-refractivity contribution in [2.75, 3.05) is 11.4 Å². The SMILES string of the molecule is O=C(NC1CC(=O)N(c2ccccc2)C1)OCc1ccccc1. The molecule has 3 rings (SSSR count). The molecule has 0 aliphatic carbocycles. The van der Waals surface area contributed by atoms with Gasteiger partial charge in [-0.25, -0.2) is 4.79 Å². The van der Waals surface area contributed by atoms with E-state index in [1.54, 1.807) is 4.90 Å². The molecule has 2 aromatic carbocycles. The fourth-order valence-electron chi connectivity index (χ4n) is 2.59. The van der Waals surface area contributed by atoms with E-state index in [0.717, 1.165) is 11.3 Å². The largest absolute Gasteiger partial charge is 0.445 e. The third-order valence-electron chi connectivity index (χ3n) is 3.73. The number of benzene rings is 2. The second kappa shape index (κ2) is 6.96. The maximum atomic E-state index is 12.1. The van der Waals surface area contributed by atoms with Gasteiger partial charge >= 0.3 is 6.09 Å². The minimum absolute atomic E-state index is 0.00422. The smallest absolute Gasteiger partial charge is 0.407 e. The predicted molar refractivity (Wildman–Crippen MR) is 87.0 cm³/mol. The number of alkyl carbamates (subject to hydrolysis) is 1. The van der Waals surface area contributed by atoms with E-state index in [1.165, 1.54) is 0 Å². The molecule has 1 saturated heterocycles. The molecule has 118 valence electrons. The lowest BCUT2D eigenvalue weighted by Crippen LogP contribution is -2.37. The van der Waals surface area contributed by atoms with Crippen molar-refractivity contribution in [2.45, 2.75) is 19.1 Å². The average molecular weight is 310 g/mol. The second-order valence-corrected chi connectivity index (χ2v) is 5.45. The Bertz CT molecular complexity index is 673. The molecule has 23 heavy (non-hydrogen) atoms. The second-order valence-electron chi connectivity index (χ2n) is 5.45. The van der Waals surface area contributed by atoms with Crippen LogP contribution < -0.4 is 10.2 Å². The summed E-state index contributed by atoms with van der Waals surface area (Å²) in [5.41, 5.74) is 1.77. The highest BCUT2D eigenvalue weighted by atomic mass is 16.5. The molecule has 0 bridgehead atoms.